The standard InChI is InChI=1S/C23H33NO7/c1-28-18-12-10-13-19(29-2)21(18)17(22(26)24-15-16-31-23(24)27)11-8-6-4-5-7-9-14-20(25)30-3/h10,12-13,17H,4-9,11,14-16H2,1-3H3. The zero-order chi connectivity index (χ0) is 22.6. The second-order valence-corrected chi connectivity index (χ2v) is 7.47. The summed E-state index contributed by atoms with van der Waals surface area (Å²) in [6, 6.07) is 5.39. The van der Waals surface area contributed by atoms with Crippen molar-refractivity contribution in [3.63, 3.8) is 0 Å². The minimum absolute atomic E-state index is 0.174. The summed E-state index contributed by atoms with van der Waals surface area (Å²) in [6.45, 7) is 0.470. The molecule has 31 heavy (non-hydrogen) atoms. The molecule has 0 N–H and O–H groups in total. The van der Waals surface area contributed by atoms with E-state index in [1.807, 2.05) is 0 Å². The average molecular weight is 436 g/mol. The van der Waals surface area contributed by atoms with Crippen LogP contribution in [0.4, 0.5) is 4.79 Å². The summed E-state index contributed by atoms with van der Waals surface area (Å²) in [5.41, 5.74) is 0.662. The first-order chi connectivity index (χ1) is 15.0. The van der Waals surface area contributed by atoms with E-state index in [0.29, 0.717) is 29.9 Å². The Balaban J connectivity index is 2.01. The Kier molecular flexibility index (Phi) is 10.1. The molecule has 8 heteroatoms. The first-order valence-electron chi connectivity index (χ1n) is 10.8. The number of esters is 1. The quantitative estimate of drug-likeness (QED) is 0.341. The molecule has 0 bridgehead atoms. The van der Waals surface area contributed by atoms with Crippen molar-refractivity contribution in [1.82, 2.24) is 4.90 Å². The van der Waals surface area contributed by atoms with E-state index >= 15 is 0 Å². The number of hydrogen-bond acceptors (Lipinski definition) is 7. The van der Waals surface area contributed by atoms with Crippen LogP contribution < -0.4 is 9.47 Å². The highest BCUT2D eigenvalue weighted by atomic mass is 16.6. The Labute approximate surface area is 183 Å². The lowest BCUT2D eigenvalue weighted by Crippen LogP contribution is -2.36. The molecule has 0 radical (unpaired) electrons. The molecule has 1 saturated heterocycles. The van der Waals surface area contributed by atoms with Crippen molar-refractivity contribution < 1.29 is 33.3 Å². The summed E-state index contributed by atoms with van der Waals surface area (Å²) in [5.74, 6) is 0.105. The normalized spacial score (nSPS) is 14.2. The predicted octanol–water partition coefficient (Wildman–Crippen LogP) is 4.06. The Morgan fingerprint density at radius 3 is 2.16 bits per heavy atom. The van der Waals surface area contributed by atoms with Crippen molar-refractivity contribution in [1.29, 1.82) is 0 Å². The van der Waals surface area contributed by atoms with Gasteiger partial charge in [0.2, 0.25) is 5.91 Å². The van der Waals surface area contributed by atoms with E-state index in [1.54, 1.807) is 32.4 Å². The maximum absolute atomic E-state index is 13.3. The van der Waals surface area contributed by atoms with Crippen LogP contribution in [0.1, 0.15) is 62.8 Å². The molecular weight excluding hydrogens is 402 g/mol. The maximum Gasteiger partial charge on any atom is 0.416 e. The fraction of sp³-hybridized carbons (Fsp3) is 0.609. The van der Waals surface area contributed by atoms with E-state index in [9.17, 15) is 14.4 Å². The first kappa shape index (κ1) is 24.5. The van der Waals surface area contributed by atoms with Gasteiger partial charge in [-0.05, 0) is 25.0 Å². The highest BCUT2D eigenvalue weighted by Gasteiger charge is 2.36. The van der Waals surface area contributed by atoms with Gasteiger partial charge in [-0.15, -0.1) is 0 Å². The summed E-state index contributed by atoms with van der Waals surface area (Å²) in [7, 11) is 4.51. The minimum atomic E-state index is -0.602. The number of cyclic esters (lactones) is 1. The lowest BCUT2D eigenvalue weighted by Gasteiger charge is -2.24. The second-order valence-electron chi connectivity index (χ2n) is 7.47. The zero-order valence-corrected chi connectivity index (χ0v) is 18.7. The fourth-order valence-corrected chi connectivity index (χ4v) is 3.82. The number of ether oxygens (including phenoxy) is 4. The van der Waals surface area contributed by atoms with Gasteiger partial charge in [-0.3, -0.25) is 9.59 Å². The van der Waals surface area contributed by atoms with Crippen LogP contribution in [0, 0.1) is 0 Å². The van der Waals surface area contributed by atoms with Crippen LogP contribution in [-0.4, -0.2) is 57.4 Å². The number of benzene rings is 1. The molecule has 1 unspecified atom stereocenters. The summed E-state index contributed by atoms with van der Waals surface area (Å²) in [4.78, 5) is 37.6. The molecule has 1 fully saturated rings. The number of hydrogen-bond donors (Lipinski definition) is 0. The van der Waals surface area contributed by atoms with Gasteiger partial charge < -0.3 is 18.9 Å². The predicted molar refractivity (Wildman–Crippen MR) is 114 cm³/mol. The number of methoxy groups -OCH3 is 3. The van der Waals surface area contributed by atoms with Crippen molar-refractivity contribution >= 4 is 18.0 Å². The van der Waals surface area contributed by atoms with E-state index in [2.05, 4.69) is 4.74 Å². The molecule has 1 aromatic carbocycles. The lowest BCUT2D eigenvalue weighted by molar-refractivity contribution is -0.140. The molecule has 1 aliphatic heterocycles. The number of amides is 2. The van der Waals surface area contributed by atoms with Crippen LogP contribution in [0.3, 0.4) is 0 Å². The molecule has 2 amide bonds. The van der Waals surface area contributed by atoms with E-state index in [-0.39, 0.29) is 25.0 Å². The van der Waals surface area contributed by atoms with E-state index < -0.39 is 12.0 Å². The maximum atomic E-state index is 13.3. The number of rotatable bonds is 13. The Morgan fingerprint density at radius 2 is 1.61 bits per heavy atom. The van der Waals surface area contributed by atoms with Crippen LogP contribution in [0.5, 0.6) is 11.5 Å². The van der Waals surface area contributed by atoms with Crippen LogP contribution in [0.15, 0.2) is 18.2 Å². The fourth-order valence-electron chi connectivity index (χ4n) is 3.82. The van der Waals surface area contributed by atoms with Crippen molar-refractivity contribution in [2.75, 3.05) is 34.5 Å². The molecule has 172 valence electrons. The largest absolute Gasteiger partial charge is 0.496 e. The number of unbranched alkanes of at least 4 members (excludes halogenated alkanes) is 5. The van der Waals surface area contributed by atoms with E-state index in [0.717, 1.165) is 38.5 Å². The number of nitrogens with zero attached hydrogens (tertiary/aromatic N) is 1. The molecule has 1 aliphatic rings. The summed E-state index contributed by atoms with van der Waals surface area (Å²) in [5, 5.41) is 0. The Morgan fingerprint density at radius 1 is 1.00 bits per heavy atom. The van der Waals surface area contributed by atoms with E-state index in [4.69, 9.17) is 14.2 Å². The SMILES string of the molecule is COC(=O)CCCCCCCCC(C(=O)N1CCOC1=O)c1c(OC)cccc1OC. The molecular formula is C23H33NO7. The molecule has 0 aliphatic carbocycles. The molecule has 0 saturated carbocycles. The molecule has 1 aromatic rings. The summed E-state index contributed by atoms with van der Waals surface area (Å²) < 4.78 is 20.6. The van der Waals surface area contributed by atoms with Gasteiger partial charge in [0.05, 0.1) is 33.8 Å². The van der Waals surface area contributed by atoms with Crippen LogP contribution in [0.2, 0.25) is 0 Å². The van der Waals surface area contributed by atoms with E-state index in [1.165, 1.54) is 12.0 Å². The number of carbonyl (C=O) groups excluding carboxylic acids is 3. The summed E-state index contributed by atoms with van der Waals surface area (Å²) >= 11 is 0. The molecule has 0 spiro atoms. The van der Waals surface area contributed by atoms with Gasteiger partial charge in [0.15, 0.2) is 0 Å². The third kappa shape index (κ3) is 6.87. The molecule has 1 heterocycles. The van der Waals surface area contributed by atoms with Gasteiger partial charge in [-0.2, -0.15) is 0 Å². The number of carbonyl (C=O) groups is 3. The van der Waals surface area contributed by atoms with Crippen molar-refractivity contribution in [2.45, 2.75) is 57.3 Å². The van der Waals surface area contributed by atoms with Gasteiger partial charge in [-0.25, -0.2) is 9.69 Å². The van der Waals surface area contributed by atoms with Gasteiger partial charge in [0.1, 0.15) is 18.1 Å². The second kappa shape index (κ2) is 12.8. The van der Waals surface area contributed by atoms with Gasteiger partial charge >= 0.3 is 12.1 Å². The van der Waals surface area contributed by atoms with Crippen molar-refractivity contribution in [3.8, 4) is 11.5 Å². The topological polar surface area (TPSA) is 91.4 Å². The highest BCUT2D eigenvalue weighted by Crippen LogP contribution is 2.39. The van der Waals surface area contributed by atoms with Crippen LogP contribution in [0.25, 0.3) is 0 Å². The smallest absolute Gasteiger partial charge is 0.416 e. The van der Waals surface area contributed by atoms with Crippen LogP contribution >= 0.6 is 0 Å². The molecule has 1 atom stereocenters. The van der Waals surface area contributed by atoms with Gasteiger partial charge in [-0.1, -0.05) is 38.2 Å². The zero-order valence-electron chi connectivity index (χ0n) is 18.7. The lowest BCUT2D eigenvalue weighted by atomic mass is 9.90. The van der Waals surface area contributed by atoms with Crippen LogP contribution in [-0.2, 0) is 19.1 Å². The highest BCUT2D eigenvalue weighted by molar-refractivity contribution is 5.97. The molecule has 0 aromatic heterocycles. The monoisotopic (exact) mass is 435 g/mol. The summed E-state index contributed by atoms with van der Waals surface area (Å²) in [6.07, 6.45) is 6.01. The van der Waals surface area contributed by atoms with Gasteiger partial charge in [0, 0.05) is 12.0 Å². The van der Waals surface area contributed by atoms with Crippen molar-refractivity contribution in [3.05, 3.63) is 23.8 Å². The average Bonchev–Trinajstić information content (AvgIpc) is 3.22. The third-order valence-electron chi connectivity index (χ3n) is 5.49. The Hall–Kier alpha value is -2.77. The van der Waals surface area contributed by atoms with Crippen molar-refractivity contribution in [2.24, 2.45) is 0 Å². The molecule has 2 rings (SSSR count). The Bertz CT molecular complexity index is 727. The minimum Gasteiger partial charge on any atom is -0.496 e. The third-order valence-corrected chi connectivity index (χ3v) is 5.49. The first-order valence-corrected chi connectivity index (χ1v) is 10.8. The number of imide groups is 1. The van der Waals surface area contributed by atoms with Gasteiger partial charge in [0.25, 0.3) is 0 Å². The molecule has 8 nitrogen and oxygen atoms in total.